The third-order valence-electron chi connectivity index (χ3n) is 3.22. The lowest BCUT2D eigenvalue weighted by Crippen LogP contribution is -2.28. The summed E-state index contributed by atoms with van der Waals surface area (Å²) >= 11 is 5.09. The Hall–Kier alpha value is -1.43. The van der Waals surface area contributed by atoms with Gasteiger partial charge in [-0.05, 0) is 32.0 Å². The predicted octanol–water partition coefficient (Wildman–Crippen LogP) is 2.08. The van der Waals surface area contributed by atoms with Gasteiger partial charge in [-0.25, -0.2) is 4.98 Å². The van der Waals surface area contributed by atoms with Gasteiger partial charge in [0.2, 0.25) is 5.95 Å². The summed E-state index contributed by atoms with van der Waals surface area (Å²) in [6.07, 6.45) is 5.10. The fraction of sp³-hybridized carbons (Fsp3) is 0.615. The second-order valence-electron chi connectivity index (χ2n) is 4.80. The van der Waals surface area contributed by atoms with Gasteiger partial charge in [0.15, 0.2) is 5.11 Å². The first-order valence-corrected chi connectivity index (χ1v) is 7.19. The molecule has 0 saturated carbocycles. The van der Waals surface area contributed by atoms with Gasteiger partial charge in [-0.1, -0.05) is 12.8 Å². The Labute approximate surface area is 119 Å². The maximum Gasteiger partial charge on any atom is 0.231 e. The lowest BCUT2D eigenvalue weighted by atomic mass is 10.2. The van der Waals surface area contributed by atoms with Crippen molar-refractivity contribution in [1.29, 1.82) is 0 Å². The molecule has 2 heterocycles. The van der Waals surface area contributed by atoms with Crippen LogP contribution < -0.4 is 15.5 Å². The summed E-state index contributed by atoms with van der Waals surface area (Å²) in [5, 5.41) is 6.40. The molecule has 0 spiro atoms. The van der Waals surface area contributed by atoms with Gasteiger partial charge in [-0.2, -0.15) is 4.98 Å². The van der Waals surface area contributed by atoms with Crippen molar-refractivity contribution >= 4 is 29.1 Å². The first-order chi connectivity index (χ1) is 9.19. The summed E-state index contributed by atoms with van der Waals surface area (Å²) in [4.78, 5) is 11.3. The summed E-state index contributed by atoms with van der Waals surface area (Å²) < 4.78 is 0. The second-order valence-corrected chi connectivity index (χ2v) is 5.20. The zero-order valence-electron chi connectivity index (χ0n) is 11.6. The minimum Gasteiger partial charge on any atom is -0.365 e. The van der Waals surface area contributed by atoms with Crippen molar-refractivity contribution in [1.82, 2.24) is 15.3 Å². The van der Waals surface area contributed by atoms with Crippen molar-refractivity contribution in [3.63, 3.8) is 0 Å². The van der Waals surface area contributed by atoms with Crippen molar-refractivity contribution in [3.8, 4) is 0 Å². The molecule has 1 saturated heterocycles. The van der Waals surface area contributed by atoms with Crippen molar-refractivity contribution < 1.29 is 0 Å². The molecule has 6 heteroatoms. The maximum atomic E-state index is 5.09. The number of aromatic nitrogens is 2. The standard InChI is InChI=1S/C13H21N5S/c1-10-9-11(18-7-5-3-4-6-8-18)16-12(15-10)17-13(19)14-2/h9H,3-8H2,1-2H3,(H2,14,15,16,17,19). The molecule has 0 bridgehead atoms. The smallest absolute Gasteiger partial charge is 0.231 e. The molecule has 5 nitrogen and oxygen atoms in total. The van der Waals surface area contributed by atoms with E-state index in [9.17, 15) is 0 Å². The van der Waals surface area contributed by atoms with Crippen molar-refractivity contribution in [2.75, 3.05) is 30.4 Å². The largest absolute Gasteiger partial charge is 0.365 e. The molecule has 1 aromatic heterocycles. The average Bonchev–Trinajstić information content (AvgIpc) is 2.66. The quantitative estimate of drug-likeness (QED) is 0.809. The summed E-state index contributed by atoms with van der Waals surface area (Å²) in [7, 11) is 1.78. The van der Waals surface area contributed by atoms with Crippen LogP contribution in [0.4, 0.5) is 11.8 Å². The van der Waals surface area contributed by atoms with Crippen LogP contribution in [-0.4, -0.2) is 35.2 Å². The summed E-state index contributed by atoms with van der Waals surface area (Å²) in [5.41, 5.74) is 0.954. The van der Waals surface area contributed by atoms with E-state index in [1.165, 1.54) is 25.7 Å². The van der Waals surface area contributed by atoms with Gasteiger partial charge in [0.05, 0.1) is 0 Å². The van der Waals surface area contributed by atoms with Crippen LogP contribution in [0.1, 0.15) is 31.4 Å². The molecule has 0 atom stereocenters. The second kappa shape index (κ2) is 6.65. The molecule has 1 fully saturated rings. The number of hydrogen-bond donors (Lipinski definition) is 2. The SMILES string of the molecule is CNC(=S)Nc1nc(C)cc(N2CCCCCC2)n1. The van der Waals surface area contributed by atoms with E-state index in [4.69, 9.17) is 12.2 Å². The fourth-order valence-corrected chi connectivity index (χ4v) is 2.32. The van der Waals surface area contributed by atoms with Crippen molar-refractivity contribution in [2.24, 2.45) is 0 Å². The number of thiocarbonyl (C=S) groups is 1. The summed E-state index contributed by atoms with van der Waals surface area (Å²) in [5.74, 6) is 1.56. The number of anilines is 2. The Kier molecular flexibility index (Phi) is 4.90. The zero-order chi connectivity index (χ0) is 13.7. The Morgan fingerprint density at radius 3 is 2.53 bits per heavy atom. The van der Waals surface area contributed by atoms with Crippen LogP contribution in [0, 0.1) is 6.92 Å². The molecule has 1 aromatic rings. The van der Waals surface area contributed by atoms with Crippen LogP contribution in [0.3, 0.4) is 0 Å². The van der Waals surface area contributed by atoms with E-state index in [1.807, 2.05) is 13.0 Å². The highest BCUT2D eigenvalue weighted by Gasteiger charge is 2.13. The van der Waals surface area contributed by atoms with E-state index in [0.717, 1.165) is 24.6 Å². The van der Waals surface area contributed by atoms with Gasteiger partial charge in [0, 0.05) is 31.9 Å². The van der Waals surface area contributed by atoms with Crippen LogP contribution in [0.15, 0.2) is 6.07 Å². The number of aryl methyl sites for hydroxylation is 1. The van der Waals surface area contributed by atoms with E-state index in [1.54, 1.807) is 7.05 Å². The van der Waals surface area contributed by atoms with E-state index in [-0.39, 0.29) is 0 Å². The summed E-state index contributed by atoms with van der Waals surface area (Å²) in [6.45, 7) is 4.13. The number of rotatable bonds is 2. The van der Waals surface area contributed by atoms with Gasteiger partial charge in [-0.15, -0.1) is 0 Å². The topological polar surface area (TPSA) is 53.1 Å². The Morgan fingerprint density at radius 2 is 1.89 bits per heavy atom. The molecule has 2 N–H and O–H groups in total. The highest BCUT2D eigenvalue weighted by Crippen LogP contribution is 2.19. The number of hydrogen-bond acceptors (Lipinski definition) is 4. The van der Waals surface area contributed by atoms with E-state index in [0.29, 0.717) is 11.1 Å². The molecule has 0 amide bonds. The Balaban J connectivity index is 2.17. The first-order valence-electron chi connectivity index (χ1n) is 6.78. The summed E-state index contributed by atoms with van der Waals surface area (Å²) in [6, 6.07) is 2.04. The van der Waals surface area contributed by atoms with Gasteiger partial charge in [-0.3, -0.25) is 0 Å². The normalized spacial score (nSPS) is 15.8. The highest BCUT2D eigenvalue weighted by atomic mass is 32.1. The molecule has 104 valence electrons. The van der Waals surface area contributed by atoms with Crippen molar-refractivity contribution in [3.05, 3.63) is 11.8 Å². The molecular weight excluding hydrogens is 258 g/mol. The van der Waals surface area contributed by atoms with Gasteiger partial charge in [0.1, 0.15) is 5.82 Å². The minimum atomic E-state index is 0.535. The molecule has 19 heavy (non-hydrogen) atoms. The van der Waals surface area contributed by atoms with Gasteiger partial charge >= 0.3 is 0 Å². The van der Waals surface area contributed by atoms with Crippen LogP contribution in [0.25, 0.3) is 0 Å². The Morgan fingerprint density at radius 1 is 1.21 bits per heavy atom. The van der Waals surface area contributed by atoms with Gasteiger partial charge < -0.3 is 15.5 Å². The monoisotopic (exact) mass is 279 g/mol. The Bertz CT molecular complexity index is 441. The molecule has 0 radical (unpaired) electrons. The molecule has 2 rings (SSSR count). The fourth-order valence-electron chi connectivity index (χ4n) is 2.23. The van der Waals surface area contributed by atoms with Crippen LogP contribution in [0.2, 0.25) is 0 Å². The molecule has 1 aliphatic heterocycles. The average molecular weight is 279 g/mol. The van der Waals surface area contributed by atoms with Gasteiger partial charge in [0.25, 0.3) is 0 Å². The molecular formula is C13H21N5S. The van der Waals surface area contributed by atoms with Crippen LogP contribution in [-0.2, 0) is 0 Å². The molecule has 1 aliphatic rings. The first kappa shape index (κ1) is 14.0. The maximum absolute atomic E-state index is 5.09. The molecule has 0 unspecified atom stereocenters. The van der Waals surface area contributed by atoms with E-state index < -0.39 is 0 Å². The number of nitrogens with zero attached hydrogens (tertiary/aromatic N) is 3. The highest BCUT2D eigenvalue weighted by molar-refractivity contribution is 7.80. The van der Waals surface area contributed by atoms with E-state index >= 15 is 0 Å². The third kappa shape index (κ3) is 4.02. The lowest BCUT2D eigenvalue weighted by Gasteiger charge is -2.22. The zero-order valence-corrected chi connectivity index (χ0v) is 12.4. The third-order valence-corrected chi connectivity index (χ3v) is 3.53. The van der Waals surface area contributed by atoms with E-state index in [2.05, 4.69) is 25.5 Å². The molecule has 0 aliphatic carbocycles. The van der Waals surface area contributed by atoms with Crippen molar-refractivity contribution in [2.45, 2.75) is 32.6 Å². The predicted molar refractivity (Wildman–Crippen MR) is 82.7 cm³/mol. The molecule has 0 aromatic carbocycles. The number of nitrogens with one attached hydrogen (secondary N) is 2. The van der Waals surface area contributed by atoms with Crippen LogP contribution in [0.5, 0.6) is 0 Å². The minimum absolute atomic E-state index is 0.535. The lowest BCUT2D eigenvalue weighted by molar-refractivity contribution is 0.726. The van der Waals surface area contributed by atoms with Crippen LogP contribution >= 0.6 is 12.2 Å².